The molecule has 0 saturated heterocycles. The predicted molar refractivity (Wildman–Crippen MR) is 62.4 cm³/mol. The number of nitrogens with zero attached hydrogens (tertiary/aromatic N) is 1. The molecule has 0 unspecified atom stereocenters. The summed E-state index contributed by atoms with van der Waals surface area (Å²) in [6.45, 7) is 8.25. The smallest absolute Gasteiger partial charge is 0.415 e. The minimum absolute atomic E-state index is 0.337. The van der Waals surface area contributed by atoms with E-state index in [9.17, 15) is 4.79 Å². The van der Waals surface area contributed by atoms with Crippen molar-refractivity contribution < 1.29 is 4.42 Å². The van der Waals surface area contributed by atoms with Crippen molar-refractivity contribution in [2.45, 2.75) is 34.2 Å². The van der Waals surface area contributed by atoms with E-state index < -0.39 is 0 Å². The van der Waals surface area contributed by atoms with Crippen molar-refractivity contribution in [3.63, 3.8) is 0 Å². The molecule has 3 heteroatoms. The van der Waals surface area contributed by atoms with Crippen LogP contribution in [0.5, 0.6) is 0 Å². The molecular formula is C12H19NO2. The van der Waals surface area contributed by atoms with Crippen molar-refractivity contribution in [2.75, 3.05) is 0 Å². The van der Waals surface area contributed by atoms with Crippen LogP contribution in [0.4, 0.5) is 0 Å². The molecule has 0 bridgehead atoms. The Bertz CT molecular complexity index is 375. The molecule has 0 saturated carbocycles. The number of aryl methyl sites for hydroxylation is 2. The van der Waals surface area contributed by atoms with Crippen LogP contribution in [0.3, 0.4) is 0 Å². The molecule has 84 valence electrons. The van der Waals surface area contributed by atoms with E-state index in [1.54, 1.807) is 25.3 Å². The van der Waals surface area contributed by atoms with Crippen molar-refractivity contribution >= 4 is 0 Å². The fraction of sp³-hybridized carbons (Fsp3) is 0.417. The molecular weight excluding hydrogens is 190 g/mol. The number of rotatable bonds is 1. The average Bonchev–Trinajstić information content (AvgIpc) is 2.32. The van der Waals surface area contributed by atoms with Crippen LogP contribution >= 0.6 is 0 Å². The fourth-order valence-electron chi connectivity index (χ4n) is 0.935. The Morgan fingerprint density at radius 1 is 1.27 bits per heavy atom. The number of hydrogen-bond donors (Lipinski definition) is 0. The Labute approximate surface area is 90.7 Å². The van der Waals surface area contributed by atoms with Crippen molar-refractivity contribution in [3.05, 3.63) is 46.8 Å². The summed E-state index contributed by atoms with van der Waals surface area (Å²) in [7, 11) is 0. The molecule has 0 amide bonds. The lowest BCUT2D eigenvalue weighted by Crippen LogP contribution is -2.15. The first-order valence-corrected chi connectivity index (χ1v) is 5.24. The van der Waals surface area contributed by atoms with Crippen molar-refractivity contribution in [3.8, 4) is 0 Å². The SMILES string of the molecule is CC.CCn1cccccc(C)oc1=O. The number of aromatic nitrogens is 1. The van der Waals surface area contributed by atoms with E-state index in [1.165, 1.54) is 4.57 Å². The van der Waals surface area contributed by atoms with Gasteiger partial charge in [0.25, 0.3) is 0 Å². The van der Waals surface area contributed by atoms with Gasteiger partial charge in [0.15, 0.2) is 0 Å². The Kier molecular flexibility index (Phi) is 7.06. The minimum Gasteiger partial charge on any atom is -0.415 e. The zero-order valence-corrected chi connectivity index (χ0v) is 9.86. The van der Waals surface area contributed by atoms with Gasteiger partial charge in [0.2, 0.25) is 0 Å². The average molecular weight is 209 g/mol. The van der Waals surface area contributed by atoms with Crippen LogP contribution < -0.4 is 5.76 Å². The summed E-state index contributed by atoms with van der Waals surface area (Å²) in [4.78, 5) is 11.3. The maximum absolute atomic E-state index is 11.3. The first-order valence-electron chi connectivity index (χ1n) is 5.24. The molecule has 0 fully saturated rings. The van der Waals surface area contributed by atoms with E-state index in [0.29, 0.717) is 12.3 Å². The van der Waals surface area contributed by atoms with Crippen LogP contribution in [0.25, 0.3) is 0 Å². The van der Waals surface area contributed by atoms with Gasteiger partial charge in [-0.1, -0.05) is 26.0 Å². The maximum atomic E-state index is 11.3. The largest absolute Gasteiger partial charge is 0.418 e. The standard InChI is InChI=1S/C10H13NO2.C2H6/c1-3-11-8-6-4-5-7-9(2)13-10(11)12;1-2/h4-8H,3H2,1-2H3;1-2H3. The van der Waals surface area contributed by atoms with Crippen molar-refractivity contribution in [1.82, 2.24) is 4.57 Å². The van der Waals surface area contributed by atoms with Gasteiger partial charge in [-0.3, -0.25) is 4.57 Å². The molecule has 0 spiro atoms. The summed E-state index contributed by atoms with van der Waals surface area (Å²) < 4.78 is 6.53. The maximum Gasteiger partial charge on any atom is 0.418 e. The highest BCUT2D eigenvalue weighted by Gasteiger charge is 1.88. The molecule has 3 nitrogen and oxygen atoms in total. The molecule has 1 rings (SSSR count). The molecule has 0 N–H and O–H groups in total. The highest BCUT2D eigenvalue weighted by atomic mass is 16.4. The molecule has 1 heterocycles. The Morgan fingerprint density at radius 2 is 1.93 bits per heavy atom. The van der Waals surface area contributed by atoms with Gasteiger partial charge in [-0.2, -0.15) is 0 Å². The summed E-state index contributed by atoms with van der Waals surface area (Å²) in [6, 6.07) is 7.24. The lowest BCUT2D eigenvalue weighted by atomic mass is 10.4. The Balaban J connectivity index is 0.000000921. The predicted octanol–water partition coefficient (Wildman–Crippen LogP) is 2.92. The molecule has 0 atom stereocenters. The third-order valence-corrected chi connectivity index (χ3v) is 1.64. The first-order chi connectivity index (χ1) is 7.24. The zero-order chi connectivity index (χ0) is 11.7. The normalized spacial score (nSPS) is 8.53. The number of hydrogen-bond acceptors (Lipinski definition) is 2. The van der Waals surface area contributed by atoms with Crippen LogP contribution in [0.1, 0.15) is 26.5 Å². The molecule has 0 aliphatic heterocycles. The summed E-state index contributed by atoms with van der Waals surface area (Å²) >= 11 is 0. The molecule has 0 aromatic carbocycles. The molecule has 1 aromatic rings. The summed E-state index contributed by atoms with van der Waals surface area (Å²) in [5.74, 6) is 0.264. The van der Waals surface area contributed by atoms with Crippen LogP contribution in [-0.2, 0) is 6.54 Å². The summed E-state index contributed by atoms with van der Waals surface area (Å²) in [6.07, 6.45) is 1.70. The van der Waals surface area contributed by atoms with E-state index in [4.69, 9.17) is 4.42 Å². The monoisotopic (exact) mass is 209 g/mol. The molecule has 15 heavy (non-hydrogen) atoms. The molecule has 0 aliphatic carbocycles. The van der Waals surface area contributed by atoms with Crippen molar-refractivity contribution in [1.29, 1.82) is 0 Å². The second kappa shape index (κ2) is 7.85. The lowest BCUT2D eigenvalue weighted by molar-refractivity contribution is 0.424. The molecule has 1 aromatic heterocycles. The Hall–Kier alpha value is -1.51. The van der Waals surface area contributed by atoms with E-state index in [-0.39, 0.29) is 5.76 Å². The minimum atomic E-state index is -0.337. The highest BCUT2D eigenvalue weighted by Crippen LogP contribution is 1.87. The fourth-order valence-corrected chi connectivity index (χ4v) is 0.935. The van der Waals surface area contributed by atoms with Gasteiger partial charge in [-0.05, 0) is 26.0 Å². The van der Waals surface area contributed by atoms with Gasteiger partial charge in [-0.25, -0.2) is 4.79 Å². The van der Waals surface area contributed by atoms with E-state index in [1.807, 2.05) is 32.9 Å². The van der Waals surface area contributed by atoms with Crippen molar-refractivity contribution in [2.24, 2.45) is 0 Å². The van der Waals surface area contributed by atoms with Gasteiger partial charge >= 0.3 is 5.76 Å². The second-order valence-electron chi connectivity index (χ2n) is 2.66. The third kappa shape index (κ3) is 5.05. The zero-order valence-electron chi connectivity index (χ0n) is 9.86. The van der Waals surface area contributed by atoms with E-state index in [2.05, 4.69) is 0 Å². The van der Waals surface area contributed by atoms with Crippen LogP contribution in [-0.4, -0.2) is 4.57 Å². The lowest BCUT2D eigenvalue weighted by Gasteiger charge is -1.93. The summed E-state index contributed by atoms with van der Waals surface area (Å²) in [5.41, 5.74) is 0. The molecule has 0 radical (unpaired) electrons. The highest BCUT2D eigenvalue weighted by molar-refractivity contribution is 4.95. The van der Waals surface area contributed by atoms with Gasteiger partial charge in [-0.15, -0.1) is 0 Å². The molecule has 0 aliphatic rings. The van der Waals surface area contributed by atoms with Gasteiger partial charge in [0, 0.05) is 12.7 Å². The second-order valence-corrected chi connectivity index (χ2v) is 2.66. The van der Waals surface area contributed by atoms with E-state index in [0.717, 1.165) is 0 Å². The van der Waals surface area contributed by atoms with E-state index >= 15 is 0 Å². The Morgan fingerprint density at radius 3 is 2.53 bits per heavy atom. The topological polar surface area (TPSA) is 35.1 Å². The quantitative estimate of drug-likeness (QED) is 0.712. The van der Waals surface area contributed by atoms with Gasteiger partial charge in [0.05, 0.1) is 0 Å². The van der Waals surface area contributed by atoms with Crippen LogP contribution in [0.2, 0.25) is 0 Å². The first kappa shape index (κ1) is 13.5. The van der Waals surface area contributed by atoms with Gasteiger partial charge < -0.3 is 4.42 Å². The summed E-state index contributed by atoms with van der Waals surface area (Å²) in [5, 5.41) is 0. The van der Waals surface area contributed by atoms with Crippen LogP contribution in [0, 0.1) is 6.92 Å². The third-order valence-electron chi connectivity index (χ3n) is 1.64. The van der Waals surface area contributed by atoms with Crippen LogP contribution in [0.15, 0.2) is 39.7 Å². The van der Waals surface area contributed by atoms with Gasteiger partial charge in [0.1, 0.15) is 5.76 Å².